The van der Waals surface area contributed by atoms with Crippen LogP contribution in [0.2, 0.25) is 0 Å². The molecule has 0 spiro atoms. The van der Waals surface area contributed by atoms with Gasteiger partial charge in [-0.15, -0.1) is 0 Å². The zero-order chi connectivity index (χ0) is 11.8. The summed E-state index contributed by atoms with van der Waals surface area (Å²) in [6, 6.07) is 1.07. The van der Waals surface area contributed by atoms with Crippen LogP contribution in [0.5, 0.6) is 0 Å². The number of aromatic amines is 1. The molecular formula is C6H3N5O4S. The molecule has 0 aliphatic carbocycles. The SMILES string of the molecule is O=C=NS(=O)(=O)c1ncn2[nH]c(=O)cc2n1. The summed E-state index contributed by atoms with van der Waals surface area (Å²) in [6.07, 6.45) is 1.93. The molecule has 9 nitrogen and oxygen atoms in total. The lowest BCUT2D eigenvalue weighted by molar-refractivity contribution is 0.562. The van der Waals surface area contributed by atoms with Crippen LogP contribution < -0.4 is 5.56 Å². The first kappa shape index (κ1) is 10.2. The number of aromatic nitrogens is 4. The first-order valence-electron chi connectivity index (χ1n) is 3.81. The van der Waals surface area contributed by atoms with Gasteiger partial charge >= 0.3 is 10.0 Å². The zero-order valence-electron chi connectivity index (χ0n) is 7.48. The normalized spacial score (nSPS) is 11.2. The summed E-state index contributed by atoms with van der Waals surface area (Å²) in [6.45, 7) is 0. The van der Waals surface area contributed by atoms with Gasteiger partial charge in [-0.25, -0.2) is 14.3 Å². The highest BCUT2D eigenvalue weighted by molar-refractivity contribution is 7.90. The minimum absolute atomic E-state index is 0.0553. The van der Waals surface area contributed by atoms with E-state index >= 15 is 0 Å². The molecule has 0 unspecified atom stereocenters. The van der Waals surface area contributed by atoms with Crippen molar-refractivity contribution < 1.29 is 13.2 Å². The molecule has 0 radical (unpaired) electrons. The molecule has 82 valence electrons. The lowest BCUT2D eigenvalue weighted by Gasteiger charge is -1.95. The molecule has 16 heavy (non-hydrogen) atoms. The summed E-state index contributed by atoms with van der Waals surface area (Å²) in [4.78, 5) is 27.7. The molecule has 0 aromatic carbocycles. The Hall–Kier alpha value is -2.32. The number of H-pyrrole nitrogens is 1. The molecule has 2 aromatic heterocycles. The van der Waals surface area contributed by atoms with E-state index in [2.05, 4.69) is 19.5 Å². The van der Waals surface area contributed by atoms with E-state index in [1.54, 1.807) is 0 Å². The Balaban J connectivity index is 2.72. The monoisotopic (exact) mass is 241 g/mol. The van der Waals surface area contributed by atoms with E-state index in [0.717, 1.165) is 23.0 Å². The molecule has 10 heteroatoms. The quantitative estimate of drug-likeness (QED) is 0.500. The summed E-state index contributed by atoms with van der Waals surface area (Å²) in [7, 11) is -4.24. The number of nitrogens with zero attached hydrogens (tertiary/aromatic N) is 4. The van der Waals surface area contributed by atoms with Gasteiger partial charge in [-0.2, -0.15) is 13.4 Å². The lowest BCUT2D eigenvalue weighted by Crippen LogP contribution is -2.06. The maximum atomic E-state index is 11.2. The Morgan fingerprint density at radius 1 is 1.50 bits per heavy atom. The molecular weight excluding hydrogens is 238 g/mol. The smallest absolute Gasteiger partial charge is 0.268 e. The first-order chi connectivity index (χ1) is 7.53. The Morgan fingerprint density at radius 2 is 2.25 bits per heavy atom. The third-order valence-electron chi connectivity index (χ3n) is 1.62. The van der Waals surface area contributed by atoms with E-state index in [1.807, 2.05) is 0 Å². The minimum atomic E-state index is -4.24. The van der Waals surface area contributed by atoms with Crippen molar-refractivity contribution in [2.24, 2.45) is 4.40 Å². The second-order valence-electron chi connectivity index (χ2n) is 2.65. The maximum Gasteiger partial charge on any atom is 0.328 e. The molecule has 0 saturated heterocycles. The maximum absolute atomic E-state index is 11.2. The highest BCUT2D eigenvalue weighted by Crippen LogP contribution is 2.05. The number of sulfonamides is 1. The van der Waals surface area contributed by atoms with Crippen molar-refractivity contribution in [3.8, 4) is 0 Å². The molecule has 0 aliphatic heterocycles. The van der Waals surface area contributed by atoms with Crippen molar-refractivity contribution in [1.82, 2.24) is 19.6 Å². The van der Waals surface area contributed by atoms with E-state index in [4.69, 9.17) is 0 Å². The first-order valence-corrected chi connectivity index (χ1v) is 5.25. The number of hydrogen-bond donors (Lipinski definition) is 1. The average Bonchev–Trinajstić information content (AvgIpc) is 2.56. The van der Waals surface area contributed by atoms with Gasteiger partial charge in [-0.3, -0.25) is 9.89 Å². The number of rotatable bonds is 2. The van der Waals surface area contributed by atoms with Crippen LogP contribution in [0.25, 0.3) is 5.65 Å². The van der Waals surface area contributed by atoms with Gasteiger partial charge in [0.05, 0.1) is 0 Å². The van der Waals surface area contributed by atoms with Crippen molar-refractivity contribution >= 4 is 21.8 Å². The van der Waals surface area contributed by atoms with Gasteiger partial charge in [0.2, 0.25) is 0 Å². The minimum Gasteiger partial charge on any atom is -0.268 e. The van der Waals surface area contributed by atoms with Crippen LogP contribution in [0.3, 0.4) is 0 Å². The van der Waals surface area contributed by atoms with Crippen LogP contribution in [-0.4, -0.2) is 34.1 Å². The van der Waals surface area contributed by atoms with Crippen LogP contribution in [0.15, 0.2) is 26.7 Å². The van der Waals surface area contributed by atoms with E-state index in [0.29, 0.717) is 0 Å². The standard InChI is InChI=1S/C6H3N5O4S/c12-3-8-16(14,15)6-7-2-11-4(9-6)1-5(13)10-11/h1-2H,(H,10,13). The molecule has 1 N–H and O–H groups in total. The Morgan fingerprint density at radius 3 is 2.94 bits per heavy atom. The largest absolute Gasteiger partial charge is 0.328 e. The topological polar surface area (TPSA) is 127 Å². The van der Waals surface area contributed by atoms with Crippen LogP contribution in [0.1, 0.15) is 0 Å². The molecule has 2 heterocycles. The Kier molecular flexibility index (Phi) is 2.15. The molecule has 0 bridgehead atoms. The molecule has 2 rings (SSSR count). The molecule has 0 fully saturated rings. The van der Waals surface area contributed by atoms with Gasteiger partial charge in [0.15, 0.2) is 5.65 Å². The van der Waals surface area contributed by atoms with Gasteiger partial charge in [0, 0.05) is 6.07 Å². The molecule has 0 atom stereocenters. The predicted octanol–water partition coefficient (Wildman–Crippen LogP) is -1.56. The van der Waals surface area contributed by atoms with Crippen molar-refractivity contribution in [1.29, 1.82) is 0 Å². The third-order valence-corrected chi connectivity index (χ3v) is 2.59. The fraction of sp³-hybridized carbons (Fsp3) is 0. The average molecular weight is 241 g/mol. The number of carbonyl (C=O) groups excluding carboxylic acids is 1. The predicted molar refractivity (Wildman–Crippen MR) is 48.9 cm³/mol. The number of hydrogen-bond acceptors (Lipinski definition) is 6. The highest BCUT2D eigenvalue weighted by atomic mass is 32.2. The fourth-order valence-electron chi connectivity index (χ4n) is 1.02. The number of fused-ring (bicyclic) bond motifs is 1. The number of isocyanates is 1. The van der Waals surface area contributed by atoms with E-state index in [-0.39, 0.29) is 5.65 Å². The van der Waals surface area contributed by atoms with Gasteiger partial charge in [0.1, 0.15) is 6.33 Å². The fourth-order valence-corrected chi connectivity index (χ4v) is 1.59. The molecule has 0 saturated carbocycles. The van der Waals surface area contributed by atoms with Gasteiger partial charge in [-0.1, -0.05) is 4.40 Å². The summed E-state index contributed by atoms with van der Waals surface area (Å²) in [5.74, 6) is 0. The van der Waals surface area contributed by atoms with E-state index in [1.165, 1.54) is 0 Å². The van der Waals surface area contributed by atoms with Crippen LogP contribution in [0, 0.1) is 0 Å². The third kappa shape index (κ3) is 1.62. The van der Waals surface area contributed by atoms with Crippen LogP contribution in [-0.2, 0) is 14.8 Å². The summed E-state index contributed by atoms with van der Waals surface area (Å²) >= 11 is 0. The second-order valence-corrected chi connectivity index (χ2v) is 4.14. The van der Waals surface area contributed by atoms with E-state index in [9.17, 15) is 18.0 Å². The molecule has 0 amide bonds. The Bertz CT molecular complexity index is 751. The van der Waals surface area contributed by atoms with Crippen molar-refractivity contribution in [2.45, 2.75) is 5.16 Å². The van der Waals surface area contributed by atoms with E-state index < -0.39 is 20.7 Å². The summed E-state index contributed by atoms with van der Waals surface area (Å²) in [5.41, 5.74) is -0.401. The van der Waals surface area contributed by atoms with Crippen molar-refractivity contribution in [3.63, 3.8) is 0 Å². The second kappa shape index (κ2) is 3.36. The number of nitrogens with one attached hydrogen (secondary N) is 1. The van der Waals surface area contributed by atoms with Crippen molar-refractivity contribution in [3.05, 3.63) is 22.7 Å². The summed E-state index contributed by atoms with van der Waals surface area (Å²) in [5, 5.41) is 1.63. The highest BCUT2D eigenvalue weighted by Gasteiger charge is 2.17. The van der Waals surface area contributed by atoms with Gasteiger partial charge < -0.3 is 0 Å². The van der Waals surface area contributed by atoms with Gasteiger partial charge in [0.25, 0.3) is 16.8 Å². The van der Waals surface area contributed by atoms with Gasteiger partial charge in [-0.05, 0) is 0 Å². The van der Waals surface area contributed by atoms with Crippen molar-refractivity contribution in [2.75, 3.05) is 0 Å². The van der Waals surface area contributed by atoms with Crippen LogP contribution >= 0.6 is 0 Å². The molecule has 2 aromatic rings. The molecule has 0 aliphatic rings. The van der Waals surface area contributed by atoms with Crippen LogP contribution in [0.4, 0.5) is 0 Å². The lowest BCUT2D eigenvalue weighted by atomic mass is 10.7. The zero-order valence-corrected chi connectivity index (χ0v) is 8.30. The summed E-state index contributed by atoms with van der Waals surface area (Å²) < 4.78 is 26.2. The Labute approximate surface area is 87.5 Å².